The van der Waals surface area contributed by atoms with Crippen LogP contribution in [0.2, 0.25) is 5.02 Å². The first-order chi connectivity index (χ1) is 15.9. The average molecular weight is 483 g/mol. The maximum Gasteiger partial charge on any atom is 0.343 e. The standard InChI is InChI=1S/C24H16Cl2N2O5/c1-32-18-6-3-7-19(13-18)33-24(31)14-8-10-16(11-9-14)27-21-20(26)22(29)28(23(21)30)17-5-2-4-15(25)12-17/h2-13,27H,1H3. The first-order valence-electron chi connectivity index (χ1n) is 9.65. The molecule has 33 heavy (non-hydrogen) atoms. The number of amides is 2. The van der Waals surface area contributed by atoms with Crippen LogP contribution in [0, 0.1) is 0 Å². The number of methoxy groups -OCH3 is 1. The molecule has 0 saturated heterocycles. The molecule has 1 heterocycles. The van der Waals surface area contributed by atoms with Crippen molar-refractivity contribution in [1.82, 2.24) is 0 Å². The molecule has 0 aliphatic carbocycles. The summed E-state index contributed by atoms with van der Waals surface area (Å²) >= 11 is 12.1. The number of anilines is 2. The number of hydrogen-bond donors (Lipinski definition) is 1. The van der Waals surface area contributed by atoms with Gasteiger partial charge in [-0.05, 0) is 54.6 Å². The van der Waals surface area contributed by atoms with Gasteiger partial charge in [0.15, 0.2) is 0 Å². The predicted octanol–water partition coefficient (Wildman–Crippen LogP) is 5.00. The van der Waals surface area contributed by atoms with E-state index < -0.39 is 17.8 Å². The Hall–Kier alpha value is -3.81. The fraction of sp³-hybridized carbons (Fsp3) is 0.0417. The van der Waals surface area contributed by atoms with Crippen molar-refractivity contribution in [3.05, 3.63) is 94.1 Å². The van der Waals surface area contributed by atoms with Gasteiger partial charge in [-0.15, -0.1) is 0 Å². The van der Waals surface area contributed by atoms with Gasteiger partial charge < -0.3 is 14.8 Å². The maximum atomic E-state index is 12.8. The molecule has 0 aromatic heterocycles. The van der Waals surface area contributed by atoms with Crippen molar-refractivity contribution in [3.8, 4) is 11.5 Å². The number of carbonyl (C=O) groups excluding carboxylic acids is 3. The Morgan fingerprint density at radius 2 is 1.58 bits per heavy atom. The van der Waals surface area contributed by atoms with Gasteiger partial charge in [0, 0.05) is 16.8 Å². The van der Waals surface area contributed by atoms with Crippen molar-refractivity contribution in [3.63, 3.8) is 0 Å². The minimum Gasteiger partial charge on any atom is -0.497 e. The number of nitrogens with zero attached hydrogens (tertiary/aromatic N) is 1. The zero-order chi connectivity index (χ0) is 23.5. The van der Waals surface area contributed by atoms with E-state index in [9.17, 15) is 14.4 Å². The fourth-order valence-electron chi connectivity index (χ4n) is 3.13. The lowest BCUT2D eigenvalue weighted by Crippen LogP contribution is -2.32. The number of rotatable bonds is 6. The van der Waals surface area contributed by atoms with Crippen LogP contribution in [0.3, 0.4) is 0 Å². The molecule has 3 aromatic carbocycles. The predicted molar refractivity (Wildman–Crippen MR) is 125 cm³/mol. The van der Waals surface area contributed by atoms with Gasteiger partial charge in [0.25, 0.3) is 11.8 Å². The van der Waals surface area contributed by atoms with Crippen LogP contribution in [-0.2, 0) is 9.59 Å². The van der Waals surface area contributed by atoms with Crippen LogP contribution in [-0.4, -0.2) is 24.9 Å². The molecule has 1 aliphatic heterocycles. The van der Waals surface area contributed by atoms with Crippen molar-refractivity contribution in [1.29, 1.82) is 0 Å². The van der Waals surface area contributed by atoms with Crippen molar-refractivity contribution in [2.45, 2.75) is 0 Å². The van der Waals surface area contributed by atoms with Crippen LogP contribution in [0.15, 0.2) is 83.5 Å². The van der Waals surface area contributed by atoms with E-state index in [0.717, 1.165) is 4.90 Å². The second kappa shape index (κ2) is 9.36. The summed E-state index contributed by atoms with van der Waals surface area (Å²) in [6.07, 6.45) is 0. The van der Waals surface area contributed by atoms with Crippen molar-refractivity contribution in [2.24, 2.45) is 0 Å². The second-order valence-electron chi connectivity index (χ2n) is 6.89. The summed E-state index contributed by atoms with van der Waals surface area (Å²) in [6, 6.07) is 19.2. The number of ether oxygens (including phenoxy) is 2. The normalized spacial score (nSPS) is 13.4. The van der Waals surface area contributed by atoms with Crippen LogP contribution in [0.5, 0.6) is 11.5 Å². The van der Waals surface area contributed by atoms with Crippen LogP contribution >= 0.6 is 23.2 Å². The molecule has 4 rings (SSSR count). The summed E-state index contributed by atoms with van der Waals surface area (Å²) in [5.41, 5.74) is 0.976. The molecule has 1 aliphatic rings. The monoisotopic (exact) mass is 482 g/mol. The second-order valence-corrected chi connectivity index (χ2v) is 7.70. The van der Waals surface area contributed by atoms with E-state index in [1.165, 1.54) is 25.3 Å². The van der Waals surface area contributed by atoms with Gasteiger partial charge in [-0.1, -0.05) is 35.3 Å². The highest BCUT2D eigenvalue weighted by Gasteiger charge is 2.39. The Kier molecular flexibility index (Phi) is 6.35. The van der Waals surface area contributed by atoms with Crippen LogP contribution in [0.4, 0.5) is 11.4 Å². The molecule has 3 aromatic rings. The quantitative estimate of drug-likeness (QED) is 0.302. The van der Waals surface area contributed by atoms with E-state index in [-0.39, 0.29) is 16.3 Å². The molecular formula is C24H16Cl2N2O5. The fourth-order valence-corrected chi connectivity index (χ4v) is 3.52. The third kappa shape index (κ3) is 4.69. The van der Waals surface area contributed by atoms with Gasteiger partial charge in [0.1, 0.15) is 22.2 Å². The molecule has 0 bridgehead atoms. The number of esters is 1. The Labute approximate surface area is 199 Å². The molecular weight excluding hydrogens is 467 g/mol. The van der Waals surface area contributed by atoms with Gasteiger partial charge in [-0.3, -0.25) is 9.59 Å². The van der Waals surface area contributed by atoms with Crippen molar-refractivity contribution in [2.75, 3.05) is 17.3 Å². The number of imide groups is 1. The molecule has 0 fully saturated rings. The Morgan fingerprint density at radius 1 is 0.879 bits per heavy atom. The average Bonchev–Trinajstić information content (AvgIpc) is 3.02. The molecule has 0 atom stereocenters. The van der Waals surface area contributed by atoms with Gasteiger partial charge in [-0.25, -0.2) is 9.69 Å². The smallest absolute Gasteiger partial charge is 0.343 e. The van der Waals surface area contributed by atoms with Crippen molar-refractivity contribution >= 4 is 52.4 Å². The number of hydrogen-bond acceptors (Lipinski definition) is 6. The zero-order valence-electron chi connectivity index (χ0n) is 17.2. The molecule has 0 spiro atoms. The van der Waals surface area contributed by atoms with Gasteiger partial charge in [0.2, 0.25) is 0 Å². The first-order valence-corrected chi connectivity index (χ1v) is 10.4. The third-order valence-electron chi connectivity index (χ3n) is 4.74. The van der Waals surface area contributed by atoms with Crippen molar-refractivity contribution < 1.29 is 23.9 Å². The lowest BCUT2D eigenvalue weighted by Gasteiger charge is -2.15. The Morgan fingerprint density at radius 3 is 2.27 bits per heavy atom. The summed E-state index contributed by atoms with van der Waals surface area (Å²) < 4.78 is 10.5. The van der Waals surface area contributed by atoms with E-state index in [4.69, 9.17) is 32.7 Å². The maximum absolute atomic E-state index is 12.8. The van der Waals surface area contributed by atoms with E-state index in [0.29, 0.717) is 27.9 Å². The molecule has 1 N–H and O–H groups in total. The van der Waals surface area contributed by atoms with E-state index >= 15 is 0 Å². The molecule has 0 unspecified atom stereocenters. The molecule has 7 nitrogen and oxygen atoms in total. The number of halogens is 2. The molecule has 9 heteroatoms. The summed E-state index contributed by atoms with van der Waals surface area (Å²) in [7, 11) is 1.52. The summed E-state index contributed by atoms with van der Waals surface area (Å²) in [5, 5.41) is 2.98. The Balaban J connectivity index is 1.47. The van der Waals surface area contributed by atoms with Gasteiger partial charge in [-0.2, -0.15) is 0 Å². The topological polar surface area (TPSA) is 84.9 Å². The number of carbonyl (C=O) groups is 3. The Bertz CT molecular complexity index is 1290. The lowest BCUT2D eigenvalue weighted by atomic mass is 10.2. The highest BCUT2D eigenvalue weighted by Crippen LogP contribution is 2.31. The zero-order valence-corrected chi connectivity index (χ0v) is 18.7. The van der Waals surface area contributed by atoms with E-state index in [1.807, 2.05) is 0 Å². The molecule has 2 amide bonds. The minimum absolute atomic E-state index is 0.0756. The lowest BCUT2D eigenvalue weighted by molar-refractivity contribution is -0.120. The van der Waals surface area contributed by atoms with Crippen LogP contribution < -0.4 is 19.7 Å². The largest absolute Gasteiger partial charge is 0.497 e. The first kappa shape index (κ1) is 22.4. The number of benzene rings is 3. The minimum atomic E-state index is -0.662. The summed E-state index contributed by atoms with van der Waals surface area (Å²) in [4.78, 5) is 38.8. The summed E-state index contributed by atoms with van der Waals surface area (Å²) in [6.45, 7) is 0. The van der Waals surface area contributed by atoms with Crippen LogP contribution in [0.25, 0.3) is 0 Å². The number of nitrogens with one attached hydrogen (secondary N) is 1. The molecule has 166 valence electrons. The highest BCUT2D eigenvalue weighted by atomic mass is 35.5. The van der Waals surface area contributed by atoms with Gasteiger partial charge in [0.05, 0.1) is 18.4 Å². The molecule has 0 saturated carbocycles. The SMILES string of the molecule is COc1cccc(OC(=O)c2ccc(NC3=C(Cl)C(=O)N(c4cccc(Cl)c4)C3=O)cc2)c1. The highest BCUT2D eigenvalue weighted by molar-refractivity contribution is 6.53. The van der Waals surface area contributed by atoms with E-state index in [1.54, 1.807) is 54.6 Å². The molecule has 0 radical (unpaired) electrons. The van der Waals surface area contributed by atoms with Crippen LogP contribution in [0.1, 0.15) is 10.4 Å². The third-order valence-corrected chi connectivity index (χ3v) is 5.32. The summed E-state index contributed by atoms with van der Waals surface area (Å²) in [5.74, 6) is -0.938. The van der Waals surface area contributed by atoms with Gasteiger partial charge >= 0.3 is 5.97 Å². The van der Waals surface area contributed by atoms with E-state index in [2.05, 4.69) is 5.32 Å².